The lowest BCUT2D eigenvalue weighted by molar-refractivity contribution is 0.249. The first-order chi connectivity index (χ1) is 11.0. The molecule has 2 aromatic rings. The van der Waals surface area contributed by atoms with Crippen LogP contribution in [0.4, 0.5) is 10.5 Å². The fourth-order valence-electron chi connectivity index (χ4n) is 2.32. The number of carbonyl (C=O) groups excluding carboxylic acids is 1. The van der Waals surface area contributed by atoms with Crippen LogP contribution in [0.2, 0.25) is 0 Å². The van der Waals surface area contributed by atoms with Gasteiger partial charge in [0.2, 0.25) is 0 Å². The minimum Gasteiger partial charge on any atom is -0.496 e. The molecule has 0 aliphatic heterocycles. The van der Waals surface area contributed by atoms with E-state index in [1.807, 2.05) is 38.1 Å². The molecule has 0 saturated heterocycles. The predicted octanol–water partition coefficient (Wildman–Crippen LogP) is 2.76. The number of carbonyl (C=O) groups is 1. The second-order valence-corrected chi connectivity index (χ2v) is 5.10. The van der Waals surface area contributed by atoms with Crippen LogP contribution < -0.4 is 20.9 Å². The van der Waals surface area contributed by atoms with E-state index in [-0.39, 0.29) is 17.6 Å². The van der Waals surface area contributed by atoms with Crippen molar-refractivity contribution < 1.29 is 9.53 Å². The maximum absolute atomic E-state index is 12.1. The van der Waals surface area contributed by atoms with Crippen LogP contribution in [0.25, 0.3) is 0 Å². The number of hydrogen-bond donors (Lipinski definition) is 2. The SMILES string of the molecule is CCn1cc(NC(=O)NC(C)c2ccccc2OC)ccc1=O. The summed E-state index contributed by atoms with van der Waals surface area (Å²) in [6, 6.07) is 9.98. The number of ether oxygens (including phenoxy) is 1. The summed E-state index contributed by atoms with van der Waals surface area (Å²) in [6.07, 6.45) is 1.62. The van der Waals surface area contributed by atoms with Gasteiger partial charge >= 0.3 is 6.03 Å². The molecule has 2 rings (SSSR count). The number of rotatable bonds is 5. The van der Waals surface area contributed by atoms with E-state index in [9.17, 15) is 9.59 Å². The molecule has 0 spiro atoms. The molecule has 6 heteroatoms. The molecule has 1 aromatic carbocycles. The van der Waals surface area contributed by atoms with Gasteiger partial charge in [0.1, 0.15) is 5.75 Å². The number of urea groups is 1. The molecule has 0 saturated carbocycles. The molecule has 0 aliphatic rings. The van der Waals surface area contributed by atoms with E-state index in [0.29, 0.717) is 12.2 Å². The molecule has 0 bridgehead atoms. The summed E-state index contributed by atoms with van der Waals surface area (Å²) in [4.78, 5) is 23.7. The van der Waals surface area contributed by atoms with E-state index in [0.717, 1.165) is 11.3 Å². The number of aromatic nitrogens is 1. The average Bonchev–Trinajstić information content (AvgIpc) is 2.56. The molecule has 1 unspecified atom stereocenters. The van der Waals surface area contributed by atoms with E-state index in [1.54, 1.807) is 19.4 Å². The summed E-state index contributed by atoms with van der Waals surface area (Å²) in [7, 11) is 1.60. The van der Waals surface area contributed by atoms with Crippen LogP contribution in [0.15, 0.2) is 47.4 Å². The predicted molar refractivity (Wildman–Crippen MR) is 89.9 cm³/mol. The second-order valence-electron chi connectivity index (χ2n) is 5.10. The van der Waals surface area contributed by atoms with Gasteiger partial charge in [-0.3, -0.25) is 4.79 Å². The highest BCUT2D eigenvalue weighted by atomic mass is 16.5. The monoisotopic (exact) mass is 315 g/mol. The van der Waals surface area contributed by atoms with Gasteiger partial charge in [0, 0.05) is 24.4 Å². The van der Waals surface area contributed by atoms with Gasteiger partial charge in [-0.1, -0.05) is 18.2 Å². The van der Waals surface area contributed by atoms with E-state index in [4.69, 9.17) is 4.74 Å². The standard InChI is InChI=1S/C17H21N3O3/c1-4-20-11-13(9-10-16(20)21)19-17(22)18-12(2)14-7-5-6-8-15(14)23-3/h5-12H,4H2,1-3H3,(H2,18,19,22). The molecular formula is C17H21N3O3. The van der Waals surface area contributed by atoms with Crippen molar-refractivity contribution in [1.29, 1.82) is 0 Å². The van der Waals surface area contributed by atoms with Crippen LogP contribution in [-0.4, -0.2) is 17.7 Å². The quantitative estimate of drug-likeness (QED) is 0.891. The zero-order chi connectivity index (χ0) is 16.8. The number of methoxy groups -OCH3 is 1. The molecule has 1 atom stereocenters. The Hall–Kier alpha value is -2.76. The fourth-order valence-corrected chi connectivity index (χ4v) is 2.32. The molecule has 2 N–H and O–H groups in total. The van der Waals surface area contributed by atoms with Gasteiger partial charge in [-0.2, -0.15) is 0 Å². The minimum atomic E-state index is -0.343. The van der Waals surface area contributed by atoms with Crippen LogP contribution >= 0.6 is 0 Å². The highest BCUT2D eigenvalue weighted by molar-refractivity contribution is 5.89. The topological polar surface area (TPSA) is 72.4 Å². The van der Waals surface area contributed by atoms with Gasteiger partial charge in [-0.25, -0.2) is 4.79 Å². The number of para-hydroxylation sites is 1. The summed E-state index contributed by atoms with van der Waals surface area (Å²) < 4.78 is 6.83. The van der Waals surface area contributed by atoms with Gasteiger partial charge in [0.05, 0.1) is 18.8 Å². The Morgan fingerprint density at radius 3 is 2.70 bits per heavy atom. The van der Waals surface area contributed by atoms with Crippen LogP contribution in [0.5, 0.6) is 5.75 Å². The number of benzene rings is 1. The Morgan fingerprint density at radius 1 is 1.26 bits per heavy atom. The summed E-state index contributed by atoms with van der Waals surface area (Å²) in [5.41, 5.74) is 1.36. The van der Waals surface area contributed by atoms with E-state index in [2.05, 4.69) is 10.6 Å². The van der Waals surface area contributed by atoms with Gasteiger partial charge in [-0.15, -0.1) is 0 Å². The number of amides is 2. The lowest BCUT2D eigenvalue weighted by Gasteiger charge is -2.17. The molecule has 23 heavy (non-hydrogen) atoms. The van der Waals surface area contributed by atoms with Crippen LogP contribution in [0, 0.1) is 0 Å². The maximum Gasteiger partial charge on any atom is 0.319 e. The molecule has 1 aromatic heterocycles. The highest BCUT2D eigenvalue weighted by Gasteiger charge is 2.13. The normalized spacial score (nSPS) is 11.6. The second kappa shape index (κ2) is 7.49. The molecule has 0 fully saturated rings. The third kappa shape index (κ3) is 4.12. The van der Waals surface area contributed by atoms with Gasteiger partial charge < -0.3 is 19.9 Å². The van der Waals surface area contributed by atoms with Crippen molar-refractivity contribution in [1.82, 2.24) is 9.88 Å². The first-order valence-corrected chi connectivity index (χ1v) is 7.46. The average molecular weight is 315 g/mol. The first-order valence-electron chi connectivity index (χ1n) is 7.46. The first kappa shape index (κ1) is 16.6. The molecular weight excluding hydrogens is 294 g/mol. The van der Waals surface area contributed by atoms with Crippen LogP contribution in [0.1, 0.15) is 25.5 Å². The smallest absolute Gasteiger partial charge is 0.319 e. The lowest BCUT2D eigenvalue weighted by Crippen LogP contribution is -2.32. The molecule has 122 valence electrons. The Balaban J connectivity index is 2.06. The van der Waals surface area contributed by atoms with Gasteiger partial charge in [0.25, 0.3) is 5.56 Å². The van der Waals surface area contributed by atoms with E-state index >= 15 is 0 Å². The largest absolute Gasteiger partial charge is 0.496 e. The summed E-state index contributed by atoms with van der Waals surface area (Å²) >= 11 is 0. The van der Waals surface area contributed by atoms with Crippen molar-refractivity contribution in [2.24, 2.45) is 0 Å². The summed E-state index contributed by atoms with van der Waals surface area (Å²) in [6.45, 7) is 4.30. The lowest BCUT2D eigenvalue weighted by atomic mass is 10.1. The van der Waals surface area contributed by atoms with Crippen molar-refractivity contribution >= 4 is 11.7 Å². The van der Waals surface area contributed by atoms with Crippen molar-refractivity contribution in [2.75, 3.05) is 12.4 Å². The number of aryl methyl sites for hydroxylation is 1. The Bertz CT molecular complexity index is 740. The number of nitrogens with zero attached hydrogens (tertiary/aromatic N) is 1. The van der Waals surface area contributed by atoms with E-state index in [1.165, 1.54) is 10.6 Å². The minimum absolute atomic E-state index is 0.0964. The molecule has 0 radical (unpaired) electrons. The number of pyridine rings is 1. The zero-order valence-electron chi connectivity index (χ0n) is 13.5. The van der Waals surface area contributed by atoms with Crippen molar-refractivity contribution in [2.45, 2.75) is 26.4 Å². The molecule has 6 nitrogen and oxygen atoms in total. The fraction of sp³-hybridized carbons (Fsp3) is 0.294. The van der Waals surface area contributed by atoms with Crippen LogP contribution in [0.3, 0.4) is 0 Å². The number of hydrogen-bond acceptors (Lipinski definition) is 3. The maximum atomic E-state index is 12.1. The van der Waals surface area contributed by atoms with Crippen molar-refractivity contribution in [3.63, 3.8) is 0 Å². The van der Waals surface area contributed by atoms with Crippen molar-refractivity contribution in [3.05, 3.63) is 58.5 Å². The summed E-state index contributed by atoms with van der Waals surface area (Å²) in [5.74, 6) is 0.722. The Kier molecular flexibility index (Phi) is 5.41. The Morgan fingerprint density at radius 2 is 2.00 bits per heavy atom. The van der Waals surface area contributed by atoms with Crippen LogP contribution in [-0.2, 0) is 6.54 Å². The summed E-state index contributed by atoms with van der Waals surface area (Å²) in [5, 5.41) is 5.59. The third-order valence-electron chi connectivity index (χ3n) is 3.54. The number of anilines is 1. The zero-order valence-corrected chi connectivity index (χ0v) is 13.5. The Labute approximate surface area is 135 Å². The molecule has 0 aliphatic carbocycles. The number of nitrogens with one attached hydrogen (secondary N) is 2. The van der Waals surface area contributed by atoms with Gasteiger partial charge in [0.15, 0.2) is 0 Å². The molecule has 1 heterocycles. The van der Waals surface area contributed by atoms with Crippen molar-refractivity contribution in [3.8, 4) is 5.75 Å². The third-order valence-corrected chi connectivity index (χ3v) is 3.54. The highest BCUT2D eigenvalue weighted by Crippen LogP contribution is 2.24. The molecule has 2 amide bonds. The van der Waals surface area contributed by atoms with Gasteiger partial charge in [-0.05, 0) is 26.0 Å². The van der Waals surface area contributed by atoms with E-state index < -0.39 is 0 Å².